The van der Waals surface area contributed by atoms with Gasteiger partial charge >= 0.3 is 6.03 Å². The Labute approximate surface area is 122 Å². The van der Waals surface area contributed by atoms with Crippen LogP contribution in [0.1, 0.15) is 12.8 Å². The van der Waals surface area contributed by atoms with Crippen molar-refractivity contribution in [2.75, 3.05) is 25.0 Å². The van der Waals surface area contributed by atoms with E-state index in [0.717, 1.165) is 0 Å². The van der Waals surface area contributed by atoms with Crippen LogP contribution in [0.15, 0.2) is 24.3 Å². The van der Waals surface area contributed by atoms with Crippen LogP contribution in [0.3, 0.4) is 0 Å². The number of benzene rings is 1. The van der Waals surface area contributed by atoms with Crippen LogP contribution in [0.2, 0.25) is 0 Å². The zero-order chi connectivity index (χ0) is 15.2. The monoisotopic (exact) mass is 294 g/mol. The molecule has 1 unspecified atom stereocenters. The largest absolute Gasteiger partial charge is 0.341 e. The van der Waals surface area contributed by atoms with E-state index in [1.807, 2.05) is 0 Å². The molecule has 7 heteroatoms. The Balaban J connectivity index is 1.78. The number of carbonyl (C=O) groups is 2. The molecule has 3 amide bonds. The Bertz CT molecular complexity index is 506. The van der Waals surface area contributed by atoms with Gasteiger partial charge in [0.15, 0.2) is 0 Å². The van der Waals surface area contributed by atoms with E-state index in [2.05, 4.69) is 10.6 Å². The summed E-state index contributed by atoms with van der Waals surface area (Å²) in [5.74, 6) is -0.341. The smallest absolute Gasteiger partial charge is 0.319 e. The zero-order valence-electron chi connectivity index (χ0n) is 11.6. The van der Waals surface area contributed by atoms with Crippen LogP contribution in [0.5, 0.6) is 0 Å². The number of hydrogen-bond acceptors (Lipinski definition) is 3. The summed E-state index contributed by atoms with van der Waals surface area (Å²) in [4.78, 5) is 25.2. The Morgan fingerprint density at radius 1 is 1.33 bits per heavy atom. The van der Waals surface area contributed by atoms with Crippen molar-refractivity contribution >= 4 is 17.6 Å². The van der Waals surface area contributed by atoms with Crippen molar-refractivity contribution in [1.82, 2.24) is 10.2 Å². The summed E-state index contributed by atoms with van der Waals surface area (Å²) in [5.41, 5.74) is 5.87. The maximum absolute atomic E-state index is 12.8. The molecule has 0 aromatic heterocycles. The fraction of sp³-hybridized carbons (Fsp3) is 0.429. The first-order valence-electron chi connectivity index (χ1n) is 6.89. The molecule has 4 N–H and O–H groups in total. The van der Waals surface area contributed by atoms with Crippen LogP contribution in [-0.4, -0.2) is 42.5 Å². The van der Waals surface area contributed by atoms with Crippen LogP contribution in [0.25, 0.3) is 0 Å². The van der Waals surface area contributed by atoms with Crippen molar-refractivity contribution in [1.29, 1.82) is 0 Å². The third kappa shape index (κ3) is 4.42. The predicted molar refractivity (Wildman–Crippen MR) is 77.2 cm³/mol. The first kappa shape index (κ1) is 15.2. The van der Waals surface area contributed by atoms with Crippen LogP contribution in [-0.2, 0) is 4.79 Å². The molecule has 0 aliphatic carbocycles. The molecule has 1 saturated heterocycles. The number of likely N-dealkylation sites (tertiary alicyclic amines) is 1. The number of halogens is 1. The van der Waals surface area contributed by atoms with Gasteiger partial charge < -0.3 is 21.3 Å². The highest BCUT2D eigenvalue weighted by atomic mass is 19.1. The quantitative estimate of drug-likeness (QED) is 0.771. The molecule has 0 saturated carbocycles. The lowest BCUT2D eigenvalue weighted by Crippen LogP contribution is -2.40. The highest BCUT2D eigenvalue weighted by molar-refractivity contribution is 5.89. The summed E-state index contributed by atoms with van der Waals surface area (Å²) in [5, 5.41) is 5.43. The van der Waals surface area contributed by atoms with Gasteiger partial charge in [-0.1, -0.05) is 0 Å². The van der Waals surface area contributed by atoms with E-state index in [1.54, 1.807) is 4.90 Å². The molecule has 0 bridgehead atoms. The Morgan fingerprint density at radius 3 is 2.71 bits per heavy atom. The number of rotatable bonds is 4. The van der Waals surface area contributed by atoms with Crippen LogP contribution in [0.4, 0.5) is 14.9 Å². The van der Waals surface area contributed by atoms with Gasteiger partial charge in [0.2, 0.25) is 5.91 Å². The van der Waals surface area contributed by atoms with E-state index in [0.29, 0.717) is 38.2 Å². The van der Waals surface area contributed by atoms with E-state index in [-0.39, 0.29) is 23.8 Å². The van der Waals surface area contributed by atoms with Gasteiger partial charge in [-0.15, -0.1) is 0 Å². The molecule has 1 atom stereocenters. The van der Waals surface area contributed by atoms with Crippen LogP contribution in [0, 0.1) is 5.82 Å². The fourth-order valence-electron chi connectivity index (χ4n) is 2.27. The SMILES string of the molecule is NCCC(=O)N1CCC(NC(=O)Nc2ccc(F)cc2)C1. The molecule has 21 heavy (non-hydrogen) atoms. The predicted octanol–water partition coefficient (Wildman–Crippen LogP) is 0.897. The van der Waals surface area contributed by atoms with Gasteiger partial charge in [-0.05, 0) is 30.7 Å². The maximum Gasteiger partial charge on any atom is 0.319 e. The molecule has 1 fully saturated rings. The lowest BCUT2D eigenvalue weighted by molar-refractivity contribution is -0.129. The number of nitrogens with two attached hydrogens (primary N) is 1. The summed E-state index contributed by atoms with van der Waals surface area (Å²) in [6.45, 7) is 1.45. The van der Waals surface area contributed by atoms with Gasteiger partial charge in [-0.25, -0.2) is 9.18 Å². The van der Waals surface area contributed by atoms with Gasteiger partial charge in [0.1, 0.15) is 5.82 Å². The molecule has 1 heterocycles. The van der Waals surface area contributed by atoms with E-state index in [4.69, 9.17) is 5.73 Å². The second-order valence-electron chi connectivity index (χ2n) is 4.97. The highest BCUT2D eigenvalue weighted by Crippen LogP contribution is 2.12. The summed E-state index contributed by atoms with van der Waals surface area (Å²) >= 11 is 0. The van der Waals surface area contributed by atoms with Gasteiger partial charge in [-0.3, -0.25) is 4.79 Å². The van der Waals surface area contributed by atoms with Crippen molar-refractivity contribution in [3.63, 3.8) is 0 Å². The number of urea groups is 1. The molecule has 114 valence electrons. The first-order valence-corrected chi connectivity index (χ1v) is 6.89. The zero-order valence-corrected chi connectivity index (χ0v) is 11.6. The van der Waals surface area contributed by atoms with Gasteiger partial charge in [0.05, 0.1) is 0 Å². The third-order valence-corrected chi connectivity index (χ3v) is 3.34. The molecular formula is C14H19FN4O2. The second-order valence-corrected chi connectivity index (χ2v) is 4.97. The molecular weight excluding hydrogens is 275 g/mol. The number of carbonyl (C=O) groups excluding carboxylic acids is 2. The molecule has 0 spiro atoms. The third-order valence-electron chi connectivity index (χ3n) is 3.34. The average Bonchev–Trinajstić information content (AvgIpc) is 2.90. The summed E-state index contributed by atoms with van der Waals surface area (Å²) < 4.78 is 12.8. The molecule has 1 aromatic carbocycles. The lowest BCUT2D eigenvalue weighted by Gasteiger charge is -2.17. The minimum Gasteiger partial charge on any atom is -0.341 e. The van der Waals surface area contributed by atoms with Crippen molar-refractivity contribution < 1.29 is 14.0 Å². The normalized spacial score (nSPS) is 17.6. The molecule has 1 aliphatic rings. The number of nitrogens with zero attached hydrogens (tertiary/aromatic N) is 1. The van der Waals surface area contributed by atoms with Crippen molar-refractivity contribution in [2.24, 2.45) is 5.73 Å². The number of anilines is 1. The van der Waals surface area contributed by atoms with E-state index >= 15 is 0 Å². The lowest BCUT2D eigenvalue weighted by atomic mass is 10.2. The standard InChI is InChI=1S/C14H19FN4O2/c15-10-1-3-11(4-2-10)17-14(21)18-12-6-8-19(9-12)13(20)5-7-16/h1-4,12H,5-9,16H2,(H2,17,18,21). The first-order chi connectivity index (χ1) is 10.1. The topological polar surface area (TPSA) is 87.5 Å². The fourth-order valence-corrected chi connectivity index (χ4v) is 2.27. The van der Waals surface area contributed by atoms with Crippen molar-refractivity contribution in [3.8, 4) is 0 Å². The Kier molecular flexibility index (Phi) is 5.10. The van der Waals surface area contributed by atoms with E-state index in [1.165, 1.54) is 24.3 Å². The minimum absolute atomic E-state index is 0.0146. The van der Waals surface area contributed by atoms with E-state index in [9.17, 15) is 14.0 Å². The highest BCUT2D eigenvalue weighted by Gasteiger charge is 2.26. The molecule has 6 nitrogen and oxygen atoms in total. The average molecular weight is 294 g/mol. The van der Waals surface area contributed by atoms with Gasteiger partial charge in [0.25, 0.3) is 0 Å². The van der Waals surface area contributed by atoms with Crippen LogP contribution >= 0.6 is 0 Å². The second kappa shape index (κ2) is 7.03. The van der Waals surface area contributed by atoms with Gasteiger partial charge in [0, 0.05) is 37.8 Å². The molecule has 1 aromatic rings. The maximum atomic E-state index is 12.8. The van der Waals surface area contributed by atoms with E-state index < -0.39 is 0 Å². The Morgan fingerprint density at radius 2 is 2.05 bits per heavy atom. The number of hydrogen-bond donors (Lipinski definition) is 3. The van der Waals surface area contributed by atoms with Crippen molar-refractivity contribution in [2.45, 2.75) is 18.9 Å². The molecule has 0 radical (unpaired) electrons. The summed E-state index contributed by atoms with van der Waals surface area (Å²) in [7, 11) is 0. The van der Waals surface area contributed by atoms with Crippen molar-refractivity contribution in [3.05, 3.63) is 30.1 Å². The summed E-state index contributed by atoms with van der Waals surface area (Å²) in [6, 6.07) is 5.09. The number of amides is 3. The van der Waals surface area contributed by atoms with Crippen LogP contribution < -0.4 is 16.4 Å². The molecule has 1 aliphatic heterocycles. The minimum atomic E-state index is -0.361. The van der Waals surface area contributed by atoms with Gasteiger partial charge in [-0.2, -0.15) is 0 Å². The summed E-state index contributed by atoms with van der Waals surface area (Å²) in [6.07, 6.45) is 1.04. The number of nitrogens with one attached hydrogen (secondary N) is 2. The Hall–Kier alpha value is -2.15. The molecule has 2 rings (SSSR count).